The van der Waals surface area contributed by atoms with Crippen LogP contribution in [0.15, 0.2) is 66.7 Å². The molecule has 0 N–H and O–H groups in total. The largest absolute Gasteiger partial charge is 0.330 e. The molecule has 0 saturated carbocycles. The number of nitrogens with zero attached hydrogens (tertiary/aromatic N) is 1. The molecule has 1 heterocycles. The highest BCUT2D eigenvalue weighted by atomic mass is 16.2. The summed E-state index contributed by atoms with van der Waals surface area (Å²) in [5, 5.41) is 0. The fourth-order valence-electron chi connectivity index (χ4n) is 4.24. The van der Waals surface area contributed by atoms with Gasteiger partial charge in [0.25, 0.3) is 0 Å². The summed E-state index contributed by atoms with van der Waals surface area (Å²) in [5.41, 5.74) is 3.72. The Morgan fingerprint density at radius 1 is 1.08 bits per heavy atom. The molecule has 2 aliphatic rings. The SMILES string of the molecule is Cc1cccc([C@@H]2[C@@H]3C=CCC[C@H]3C(=O)N2Cc2ccccc2)c1. The highest BCUT2D eigenvalue weighted by molar-refractivity contribution is 5.83. The fraction of sp³-hybridized carbons (Fsp3) is 0.318. The number of fused-ring (bicyclic) bond motifs is 1. The van der Waals surface area contributed by atoms with Crippen LogP contribution < -0.4 is 0 Å². The lowest BCUT2D eigenvalue weighted by Crippen LogP contribution is -2.29. The van der Waals surface area contributed by atoms with Crippen LogP contribution in [0, 0.1) is 18.8 Å². The minimum Gasteiger partial charge on any atom is -0.330 e. The Kier molecular flexibility index (Phi) is 3.97. The van der Waals surface area contributed by atoms with Crippen LogP contribution in [0.4, 0.5) is 0 Å². The molecule has 2 heteroatoms. The average molecular weight is 317 g/mol. The first-order valence-electron chi connectivity index (χ1n) is 8.81. The molecule has 122 valence electrons. The van der Waals surface area contributed by atoms with Crippen molar-refractivity contribution in [2.75, 3.05) is 0 Å². The third-order valence-corrected chi connectivity index (χ3v) is 5.35. The summed E-state index contributed by atoms with van der Waals surface area (Å²) in [4.78, 5) is 15.2. The molecule has 1 saturated heterocycles. The van der Waals surface area contributed by atoms with Crippen LogP contribution in [0.1, 0.15) is 35.6 Å². The van der Waals surface area contributed by atoms with Gasteiger partial charge >= 0.3 is 0 Å². The van der Waals surface area contributed by atoms with Gasteiger partial charge < -0.3 is 4.90 Å². The molecular formula is C22H23NO. The third kappa shape index (κ3) is 2.66. The molecule has 4 rings (SSSR count). The minimum atomic E-state index is 0.143. The second-order valence-corrected chi connectivity index (χ2v) is 7.00. The zero-order chi connectivity index (χ0) is 16.5. The quantitative estimate of drug-likeness (QED) is 0.754. The first-order chi connectivity index (χ1) is 11.7. The van der Waals surface area contributed by atoms with Gasteiger partial charge in [-0.2, -0.15) is 0 Å². The Hall–Kier alpha value is -2.35. The topological polar surface area (TPSA) is 20.3 Å². The molecule has 1 amide bonds. The maximum absolute atomic E-state index is 13.1. The number of allylic oxidation sites excluding steroid dienone is 1. The van der Waals surface area contributed by atoms with Gasteiger partial charge in [0.2, 0.25) is 5.91 Å². The van der Waals surface area contributed by atoms with E-state index in [9.17, 15) is 4.79 Å². The number of aryl methyl sites for hydroxylation is 1. The van der Waals surface area contributed by atoms with E-state index < -0.39 is 0 Å². The maximum atomic E-state index is 13.1. The van der Waals surface area contributed by atoms with Crippen molar-refractivity contribution in [3.63, 3.8) is 0 Å². The van der Waals surface area contributed by atoms with Crippen molar-refractivity contribution in [3.8, 4) is 0 Å². The molecule has 0 unspecified atom stereocenters. The minimum absolute atomic E-state index is 0.143. The number of hydrogen-bond donors (Lipinski definition) is 0. The summed E-state index contributed by atoms with van der Waals surface area (Å²) >= 11 is 0. The number of rotatable bonds is 3. The molecule has 2 nitrogen and oxygen atoms in total. The van der Waals surface area contributed by atoms with Gasteiger partial charge in [0.05, 0.1) is 6.04 Å². The molecule has 2 aromatic rings. The fourth-order valence-corrected chi connectivity index (χ4v) is 4.24. The zero-order valence-electron chi connectivity index (χ0n) is 14.1. The molecular weight excluding hydrogens is 294 g/mol. The van der Waals surface area contributed by atoms with E-state index >= 15 is 0 Å². The molecule has 0 bridgehead atoms. The number of carbonyl (C=O) groups is 1. The highest BCUT2D eigenvalue weighted by Crippen LogP contribution is 2.46. The monoisotopic (exact) mass is 317 g/mol. The summed E-state index contributed by atoms with van der Waals surface area (Å²) in [5.74, 6) is 0.765. The van der Waals surface area contributed by atoms with Crippen molar-refractivity contribution in [3.05, 3.63) is 83.4 Å². The van der Waals surface area contributed by atoms with Crippen LogP contribution in [0.25, 0.3) is 0 Å². The lowest BCUT2D eigenvalue weighted by Gasteiger charge is -2.28. The molecule has 3 atom stereocenters. The van der Waals surface area contributed by atoms with Gasteiger partial charge in [-0.1, -0.05) is 72.3 Å². The smallest absolute Gasteiger partial charge is 0.227 e. The molecule has 0 radical (unpaired) electrons. The molecule has 2 aromatic carbocycles. The number of hydrogen-bond acceptors (Lipinski definition) is 1. The van der Waals surface area contributed by atoms with Gasteiger partial charge in [0.15, 0.2) is 0 Å². The predicted octanol–water partition coefficient (Wildman–Crippen LogP) is 4.66. The summed E-state index contributed by atoms with van der Waals surface area (Å²) in [6.45, 7) is 2.81. The molecule has 0 spiro atoms. The lowest BCUT2D eigenvalue weighted by atomic mass is 9.80. The van der Waals surface area contributed by atoms with Crippen molar-refractivity contribution >= 4 is 5.91 Å². The zero-order valence-corrected chi connectivity index (χ0v) is 14.1. The van der Waals surface area contributed by atoms with E-state index in [1.165, 1.54) is 16.7 Å². The normalized spacial score (nSPS) is 25.8. The second-order valence-electron chi connectivity index (χ2n) is 7.00. The maximum Gasteiger partial charge on any atom is 0.227 e. The van der Waals surface area contributed by atoms with Crippen LogP contribution >= 0.6 is 0 Å². The number of benzene rings is 2. The van der Waals surface area contributed by atoms with Crippen LogP contribution in [-0.4, -0.2) is 10.8 Å². The molecule has 1 aliphatic carbocycles. The third-order valence-electron chi connectivity index (χ3n) is 5.35. The molecule has 24 heavy (non-hydrogen) atoms. The molecule has 0 aromatic heterocycles. The van der Waals surface area contributed by atoms with Gasteiger partial charge in [-0.15, -0.1) is 0 Å². The van der Waals surface area contributed by atoms with Gasteiger partial charge in [-0.3, -0.25) is 4.79 Å². The van der Waals surface area contributed by atoms with Gasteiger partial charge in [0.1, 0.15) is 0 Å². The summed E-state index contributed by atoms with van der Waals surface area (Å²) in [6, 6.07) is 19.1. The van der Waals surface area contributed by atoms with E-state index in [2.05, 4.69) is 60.4 Å². The van der Waals surface area contributed by atoms with Crippen LogP contribution in [0.5, 0.6) is 0 Å². The first-order valence-corrected chi connectivity index (χ1v) is 8.81. The molecule has 1 aliphatic heterocycles. The lowest BCUT2D eigenvalue weighted by molar-refractivity contribution is -0.132. The van der Waals surface area contributed by atoms with Crippen molar-refractivity contribution in [1.82, 2.24) is 4.90 Å². The standard InChI is InChI=1S/C22H23NO/c1-16-8-7-11-18(14-16)21-19-12-5-6-13-20(19)22(24)23(21)15-17-9-3-2-4-10-17/h2-5,7-12,14,19-21H,6,13,15H2,1H3/t19-,20-,21-/m1/s1. The Morgan fingerprint density at radius 2 is 1.92 bits per heavy atom. The van der Waals surface area contributed by atoms with E-state index in [4.69, 9.17) is 0 Å². The van der Waals surface area contributed by atoms with E-state index in [0.29, 0.717) is 18.4 Å². The van der Waals surface area contributed by atoms with Crippen molar-refractivity contribution in [1.29, 1.82) is 0 Å². The average Bonchev–Trinajstić information content (AvgIpc) is 2.89. The molecule has 1 fully saturated rings. The Balaban J connectivity index is 1.74. The van der Waals surface area contributed by atoms with E-state index in [1.54, 1.807) is 0 Å². The van der Waals surface area contributed by atoms with Gasteiger partial charge in [-0.05, 0) is 30.9 Å². The first kappa shape index (κ1) is 15.2. The van der Waals surface area contributed by atoms with E-state index in [-0.39, 0.29) is 12.0 Å². The number of carbonyl (C=O) groups excluding carboxylic acids is 1. The van der Waals surface area contributed by atoms with E-state index in [0.717, 1.165) is 12.8 Å². The number of likely N-dealkylation sites (tertiary alicyclic amines) is 1. The summed E-state index contributed by atoms with van der Waals surface area (Å²) < 4.78 is 0. The second kappa shape index (κ2) is 6.27. The van der Waals surface area contributed by atoms with Crippen molar-refractivity contribution in [2.45, 2.75) is 32.4 Å². The Morgan fingerprint density at radius 3 is 2.71 bits per heavy atom. The van der Waals surface area contributed by atoms with Gasteiger partial charge in [0, 0.05) is 18.4 Å². The summed E-state index contributed by atoms with van der Waals surface area (Å²) in [7, 11) is 0. The Labute approximate surface area is 143 Å². The van der Waals surface area contributed by atoms with Crippen LogP contribution in [0.2, 0.25) is 0 Å². The predicted molar refractivity (Wildman–Crippen MR) is 96.3 cm³/mol. The van der Waals surface area contributed by atoms with Crippen LogP contribution in [0.3, 0.4) is 0 Å². The van der Waals surface area contributed by atoms with E-state index in [1.807, 2.05) is 18.2 Å². The van der Waals surface area contributed by atoms with Crippen molar-refractivity contribution in [2.24, 2.45) is 11.8 Å². The number of amides is 1. The van der Waals surface area contributed by atoms with Crippen LogP contribution in [-0.2, 0) is 11.3 Å². The Bertz CT molecular complexity index is 765. The highest BCUT2D eigenvalue weighted by Gasteiger charge is 2.47. The summed E-state index contributed by atoms with van der Waals surface area (Å²) in [6.07, 6.45) is 6.54. The van der Waals surface area contributed by atoms with Gasteiger partial charge in [-0.25, -0.2) is 0 Å². The van der Waals surface area contributed by atoms with Crippen molar-refractivity contribution < 1.29 is 4.79 Å².